The maximum Gasteiger partial charge on any atom is 0.152 e. The molecule has 0 bridgehead atoms. The highest BCUT2D eigenvalue weighted by molar-refractivity contribution is 6.34. The summed E-state index contributed by atoms with van der Waals surface area (Å²) in [6, 6.07) is 6.94. The van der Waals surface area contributed by atoms with Crippen molar-refractivity contribution in [2.45, 2.75) is 13.0 Å². The first-order valence-corrected chi connectivity index (χ1v) is 7.47. The van der Waals surface area contributed by atoms with E-state index in [1.54, 1.807) is 35.1 Å². The number of aryl methyl sites for hydroxylation is 1. The third kappa shape index (κ3) is 3.16. The molecule has 3 rings (SSSR count). The van der Waals surface area contributed by atoms with E-state index in [9.17, 15) is 5.11 Å². The molecule has 1 unspecified atom stereocenters. The molecule has 0 fully saturated rings. The van der Waals surface area contributed by atoms with Crippen LogP contribution in [0.5, 0.6) is 0 Å². The lowest BCUT2D eigenvalue weighted by Gasteiger charge is -2.14. The highest BCUT2D eigenvalue weighted by Gasteiger charge is 2.11. The van der Waals surface area contributed by atoms with E-state index in [4.69, 9.17) is 23.2 Å². The summed E-state index contributed by atoms with van der Waals surface area (Å²) >= 11 is 11.9. The average molecular weight is 337 g/mol. The first-order chi connectivity index (χ1) is 10.5. The Hall–Kier alpha value is -1.82. The number of fused-ring (bicyclic) bond motifs is 1. The van der Waals surface area contributed by atoms with Gasteiger partial charge in [0.2, 0.25) is 0 Å². The van der Waals surface area contributed by atoms with Crippen molar-refractivity contribution in [2.24, 2.45) is 0 Å². The van der Waals surface area contributed by atoms with Gasteiger partial charge >= 0.3 is 0 Å². The molecule has 2 heterocycles. The molecule has 22 heavy (non-hydrogen) atoms. The summed E-state index contributed by atoms with van der Waals surface area (Å²) in [6.07, 6.45) is 2.69. The maximum atomic E-state index is 10.3. The van der Waals surface area contributed by atoms with E-state index < -0.39 is 6.10 Å². The number of aliphatic hydroxyl groups excluding tert-OH is 1. The molecule has 0 saturated heterocycles. The summed E-state index contributed by atoms with van der Waals surface area (Å²) in [5.74, 6) is 0.662. The summed E-state index contributed by atoms with van der Waals surface area (Å²) in [4.78, 5) is 4.29. The fourth-order valence-electron chi connectivity index (χ4n) is 2.26. The van der Waals surface area contributed by atoms with Gasteiger partial charge in [-0.3, -0.25) is 0 Å². The van der Waals surface area contributed by atoms with Crippen LogP contribution < -0.4 is 5.32 Å². The van der Waals surface area contributed by atoms with Crippen LogP contribution in [0.2, 0.25) is 10.0 Å². The lowest BCUT2D eigenvalue weighted by molar-refractivity contribution is 0.191. The molecule has 0 aliphatic heterocycles. The second-order valence-corrected chi connectivity index (χ2v) is 5.86. The van der Waals surface area contributed by atoms with E-state index in [0.717, 1.165) is 11.2 Å². The number of aromatic nitrogens is 3. The summed E-state index contributed by atoms with van der Waals surface area (Å²) < 4.78 is 1.74. The molecule has 0 saturated carbocycles. The van der Waals surface area contributed by atoms with Crippen LogP contribution in [0.3, 0.4) is 0 Å². The zero-order chi connectivity index (χ0) is 15.7. The van der Waals surface area contributed by atoms with Crippen molar-refractivity contribution < 1.29 is 5.11 Å². The number of anilines is 1. The van der Waals surface area contributed by atoms with Gasteiger partial charge in [-0.1, -0.05) is 23.2 Å². The zero-order valence-electron chi connectivity index (χ0n) is 11.8. The monoisotopic (exact) mass is 336 g/mol. The highest BCUT2D eigenvalue weighted by atomic mass is 35.5. The summed E-state index contributed by atoms with van der Waals surface area (Å²) in [5.41, 5.74) is 2.41. The van der Waals surface area contributed by atoms with Gasteiger partial charge in [-0.2, -0.15) is 5.10 Å². The molecule has 0 amide bonds. The Kier molecular flexibility index (Phi) is 4.20. The van der Waals surface area contributed by atoms with Crippen LogP contribution in [-0.2, 0) is 0 Å². The van der Waals surface area contributed by atoms with Crippen molar-refractivity contribution in [3.8, 4) is 0 Å². The minimum Gasteiger partial charge on any atom is -0.387 e. The smallest absolute Gasteiger partial charge is 0.152 e. The Labute approximate surface area is 137 Å². The Morgan fingerprint density at radius 2 is 1.95 bits per heavy atom. The fraction of sp³-hybridized carbons (Fsp3) is 0.200. The number of aliphatic hydroxyl groups is 1. The number of nitrogens with one attached hydrogen (secondary N) is 1. The Bertz CT molecular complexity index is 798. The summed E-state index contributed by atoms with van der Waals surface area (Å²) in [5, 5.41) is 18.7. The molecule has 0 aliphatic rings. The quantitative estimate of drug-likeness (QED) is 0.765. The lowest BCUT2D eigenvalue weighted by atomic mass is 10.1. The molecule has 1 aromatic carbocycles. The minimum absolute atomic E-state index is 0.285. The summed E-state index contributed by atoms with van der Waals surface area (Å²) in [7, 11) is 0. The Balaban J connectivity index is 1.78. The number of nitrogens with zero attached hydrogens (tertiary/aromatic N) is 3. The predicted octanol–water partition coefficient (Wildman–Crippen LogP) is 3.49. The highest BCUT2D eigenvalue weighted by Crippen LogP contribution is 2.24. The van der Waals surface area contributed by atoms with Crippen LogP contribution in [0.15, 0.2) is 36.7 Å². The van der Waals surface area contributed by atoms with E-state index in [1.165, 1.54) is 0 Å². The lowest BCUT2D eigenvalue weighted by Crippen LogP contribution is -2.13. The molecule has 0 aliphatic carbocycles. The van der Waals surface area contributed by atoms with Crippen molar-refractivity contribution in [1.29, 1.82) is 0 Å². The van der Waals surface area contributed by atoms with Crippen LogP contribution in [0.25, 0.3) is 5.52 Å². The van der Waals surface area contributed by atoms with Crippen LogP contribution in [-0.4, -0.2) is 26.2 Å². The molecular formula is C15H14Cl2N4O. The van der Waals surface area contributed by atoms with Crippen molar-refractivity contribution in [1.82, 2.24) is 14.6 Å². The number of halogens is 2. The molecule has 2 N–H and O–H groups in total. The molecule has 7 heteroatoms. The molecule has 0 spiro atoms. The van der Waals surface area contributed by atoms with Gasteiger partial charge in [0, 0.05) is 29.0 Å². The van der Waals surface area contributed by atoms with Crippen LogP contribution in [0.1, 0.15) is 17.4 Å². The first kappa shape index (κ1) is 15.1. The first-order valence-electron chi connectivity index (χ1n) is 6.72. The number of rotatable bonds is 4. The number of hydrogen-bond donors (Lipinski definition) is 2. The number of hydrogen-bond acceptors (Lipinski definition) is 4. The maximum absolute atomic E-state index is 10.3. The van der Waals surface area contributed by atoms with Gasteiger partial charge in [-0.25, -0.2) is 9.50 Å². The topological polar surface area (TPSA) is 62.5 Å². The molecule has 0 radical (unpaired) electrons. The van der Waals surface area contributed by atoms with Crippen molar-refractivity contribution in [3.05, 3.63) is 58.0 Å². The third-order valence-electron chi connectivity index (χ3n) is 3.24. The van der Waals surface area contributed by atoms with E-state index in [1.807, 2.05) is 13.0 Å². The molecule has 5 nitrogen and oxygen atoms in total. The zero-order valence-corrected chi connectivity index (χ0v) is 13.3. The predicted molar refractivity (Wildman–Crippen MR) is 87.6 cm³/mol. The van der Waals surface area contributed by atoms with Crippen LogP contribution in [0.4, 0.5) is 5.82 Å². The SMILES string of the molecule is Cc1cc2c(NCC(O)c3cc(Cl)cc(Cl)c3)nccn2n1. The van der Waals surface area contributed by atoms with Gasteiger partial charge in [0.25, 0.3) is 0 Å². The van der Waals surface area contributed by atoms with E-state index in [0.29, 0.717) is 21.4 Å². The third-order valence-corrected chi connectivity index (χ3v) is 3.68. The Morgan fingerprint density at radius 3 is 2.68 bits per heavy atom. The second kappa shape index (κ2) is 6.12. The molecular weight excluding hydrogens is 323 g/mol. The fourth-order valence-corrected chi connectivity index (χ4v) is 2.80. The van der Waals surface area contributed by atoms with Gasteiger partial charge in [0.05, 0.1) is 11.8 Å². The molecule has 3 aromatic rings. The van der Waals surface area contributed by atoms with Gasteiger partial charge in [0.1, 0.15) is 5.52 Å². The van der Waals surface area contributed by atoms with Crippen molar-refractivity contribution in [2.75, 3.05) is 11.9 Å². The van der Waals surface area contributed by atoms with Gasteiger partial charge in [-0.15, -0.1) is 0 Å². The van der Waals surface area contributed by atoms with Crippen LogP contribution in [0, 0.1) is 6.92 Å². The minimum atomic E-state index is -0.748. The molecule has 114 valence electrons. The molecule has 2 aromatic heterocycles. The van der Waals surface area contributed by atoms with Gasteiger partial charge in [0.15, 0.2) is 5.82 Å². The van der Waals surface area contributed by atoms with Gasteiger partial charge < -0.3 is 10.4 Å². The van der Waals surface area contributed by atoms with Crippen molar-refractivity contribution >= 4 is 34.5 Å². The van der Waals surface area contributed by atoms with E-state index >= 15 is 0 Å². The normalized spacial score (nSPS) is 12.5. The van der Waals surface area contributed by atoms with Crippen molar-refractivity contribution in [3.63, 3.8) is 0 Å². The second-order valence-electron chi connectivity index (χ2n) is 4.99. The standard InChI is InChI=1S/C15H14Cl2N4O/c1-9-4-13-15(18-2-3-21(13)20-9)19-8-14(22)10-5-11(16)7-12(17)6-10/h2-7,14,22H,8H2,1H3,(H,18,19). The Morgan fingerprint density at radius 1 is 1.23 bits per heavy atom. The van der Waals surface area contributed by atoms with Gasteiger partial charge in [-0.05, 0) is 36.8 Å². The molecule has 1 atom stereocenters. The average Bonchev–Trinajstić information content (AvgIpc) is 2.84. The summed E-state index contributed by atoms with van der Waals surface area (Å²) in [6.45, 7) is 2.20. The van der Waals surface area contributed by atoms with Crippen LogP contribution >= 0.6 is 23.2 Å². The van der Waals surface area contributed by atoms with E-state index in [-0.39, 0.29) is 6.54 Å². The van der Waals surface area contributed by atoms with E-state index in [2.05, 4.69) is 15.4 Å². The number of benzene rings is 1. The largest absolute Gasteiger partial charge is 0.387 e.